The van der Waals surface area contributed by atoms with E-state index in [0.29, 0.717) is 23.7 Å². The Morgan fingerprint density at radius 1 is 1.03 bits per heavy atom. The van der Waals surface area contributed by atoms with Crippen molar-refractivity contribution in [1.82, 2.24) is 10.8 Å². The van der Waals surface area contributed by atoms with Crippen LogP contribution in [0.3, 0.4) is 0 Å². The van der Waals surface area contributed by atoms with Gasteiger partial charge in [0.2, 0.25) is 5.91 Å². The second kappa shape index (κ2) is 11.9. The highest BCUT2D eigenvalue weighted by molar-refractivity contribution is 5.93. The summed E-state index contributed by atoms with van der Waals surface area (Å²) in [6, 6.07) is 16.1. The summed E-state index contributed by atoms with van der Waals surface area (Å²) >= 11 is 0. The lowest BCUT2D eigenvalue weighted by Crippen LogP contribution is -2.38. The van der Waals surface area contributed by atoms with Gasteiger partial charge in [-0.1, -0.05) is 62.4 Å². The molecule has 0 aliphatic heterocycles. The Morgan fingerprint density at radius 2 is 1.74 bits per heavy atom. The molecule has 31 heavy (non-hydrogen) atoms. The molecule has 2 amide bonds. The van der Waals surface area contributed by atoms with Crippen molar-refractivity contribution in [2.45, 2.75) is 51.2 Å². The summed E-state index contributed by atoms with van der Waals surface area (Å²) in [5, 5.41) is 11.7. The molecule has 0 spiro atoms. The second-order valence-corrected chi connectivity index (χ2v) is 7.91. The van der Waals surface area contributed by atoms with Crippen LogP contribution >= 0.6 is 0 Å². The van der Waals surface area contributed by atoms with Gasteiger partial charge >= 0.3 is 0 Å². The standard InChI is InChI=1S/C25H30N2O4/c28-23(17-11-19-7-3-1-4-8-19)26-24(18-12-20-9-5-2-6-10-20)31-22-15-13-21(14-16-22)25(29)27-30/h1,3-4,7-8,11,13-17,20,24,30H,2,5-6,9-10,12,18H2,(H,26,28)(H,27,29)/b17-11+. The molecule has 0 heterocycles. The van der Waals surface area contributed by atoms with Gasteiger partial charge in [-0.2, -0.15) is 0 Å². The number of carbonyl (C=O) groups is 2. The van der Waals surface area contributed by atoms with Crippen molar-refractivity contribution in [2.24, 2.45) is 5.92 Å². The average molecular weight is 423 g/mol. The van der Waals surface area contributed by atoms with E-state index < -0.39 is 12.1 Å². The van der Waals surface area contributed by atoms with Gasteiger partial charge in [-0.25, -0.2) is 5.48 Å². The number of benzene rings is 2. The van der Waals surface area contributed by atoms with E-state index >= 15 is 0 Å². The van der Waals surface area contributed by atoms with E-state index in [-0.39, 0.29) is 5.91 Å². The summed E-state index contributed by atoms with van der Waals surface area (Å²) in [5.74, 6) is 0.427. The van der Waals surface area contributed by atoms with Crippen LogP contribution in [0.1, 0.15) is 60.9 Å². The molecular formula is C25H30N2O4. The minimum absolute atomic E-state index is 0.214. The molecule has 1 atom stereocenters. The molecule has 3 N–H and O–H groups in total. The van der Waals surface area contributed by atoms with Crippen LogP contribution in [-0.2, 0) is 4.79 Å². The zero-order chi connectivity index (χ0) is 21.9. The summed E-state index contributed by atoms with van der Waals surface area (Å²) in [6.45, 7) is 0. The predicted molar refractivity (Wildman–Crippen MR) is 120 cm³/mol. The first-order valence-corrected chi connectivity index (χ1v) is 10.9. The summed E-state index contributed by atoms with van der Waals surface area (Å²) in [4.78, 5) is 24.0. The maximum absolute atomic E-state index is 12.5. The van der Waals surface area contributed by atoms with E-state index in [0.717, 1.165) is 12.0 Å². The van der Waals surface area contributed by atoms with Crippen molar-refractivity contribution in [1.29, 1.82) is 0 Å². The summed E-state index contributed by atoms with van der Waals surface area (Å²) in [5.41, 5.74) is 2.88. The number of rotatable bonds is 9. The van der Waals surface area contributed by atoms with Crippen molar-refractivity contribution in [3.63, 3.8) is 0 Å². The van der Waals surface area contributed by atoms with Crippen molar-refractivity contribution in [3.05, 3.63) is 71.8 Å². The number of hydrogen-bond acceptors (Lipinski definition) is 4. The zero-order valence-corrected chi connectivity index (χ0v) is 17.6. The Labute approximate surface area is 183 Å². The van der Waals surface area contributed by atoms with Crippen LogP contribution in [-0.4, -0.2) is 23.2 Å². The van der Waals surface area contributed by atoms with Crippen molar-refractivity contribution in [3.8, 4) is 5.75 Å². The molecule has 1 unspecified atom stereocenters. The number of nitrogens with one attached hydrogen (secondary N) is 2. The van der Waals surface area contributed by atoms with E-state index in [2.05, 4.69) is 5.32 Å². The maximum atomic E-state index is 12.5. The molecule has 164 valence electrons. The Morgan fingerprint density at radius 3 is 2.42 bits per heavy atom. The third-order valence-corrected chi connectivity index (χ3v) is 5.59. The topological polar surface area (TPSA) is 87.7 Å². The van der Waals surface area contributed by atoms with Crippen molar-refractivity contribution >= 4 is 17.9 Å². The molecule has 0 saturated heterocycles. The first-order chi connectivity index (χ1) is 15.1. The highest BCUT2D eigenvalue weighted by Gasteiger charge is 2.18. The predicted octanol–water partition coefficient (Wildman–Crippen LogP) is 4.70. The molecule has 1 aliphatic carbocycles. The van der Waals surface area contributed by atoms with E-state index in [9.17, 15) is 9.59 Å². The number of carbonyl (C=O) groups excluding carboxylic acids is 2. The highest BCUT2D eigenvalue weighted by atomic mass is 16.5. The second-order valence-electron chi connectivity index (χ2n) is 7.91. The third-order valence-electron chi connectivity index (χ3n) is 5.59. The quantitative estimate of drug-likeness (QED) is 0.237. The zero-order valence-electron chi connectivity index (χ0n) is 17.6. The van der Waals surface area contributed by atoms with Gasteiger partial charge in [-0.05, 0) is 48.2 Å². The number of hydroxylamine groups is 1. The van der Waals surface area contributed by atoms with E-state index in [1.807, 2.05) is 30.3 Å². The van der Waals surface area contributed by atoms with E-state index in [4.69, 9.17) is 9.94 Å². The van der Waals surface area contributed by atoms with Gasteiger partial charge in [-0.15, -0.1) is 0 Å². The fraction of sp³-hybridized carbons (Fsp3) is 0.360. The summed E-state index contributed by atoms with van der Waals surface area (Å²) in [6.07, 6.45) is 10.9. The molecule has 0 radical (unpaired) electrons. The van der Waals surface area contributed by atoms with Crippen LogP contribution in [0.2, 0.25) is 0 Å². The molecule has 3 rings (SSSR count). The van der Waals surface area contributed by atoms with Crippen LogP contribution in [0, 0.1) is 5.92 Å². The monoisotopic (exact) mass is 422 g/mol. The van der Waals surface area contributed by atoms with E-state index in [1.54, 1.807) is 35.8 Å². The van der Waals surface area contributed by atoms with Gasteiger partial charge in [0.25, 0.3) is 5.91 Å². The molecule has 0 aromatic heterocycles. The van der Waals surface area contributed by atoms with E-state index in [1.165, 1.54) is 38.2 Å². The van der Waals surface area contributed by atoms with Crippen LogP contribution in [0.4, 0.5) is 0 Å². The van der Waals surface area contributed by atoms with Crippen molar-refractivity contribution in [2.75, 3.05) is 0 Å². The van der Waals surface area contributed by atoms with Gasteiger partial charge in [0, 0.05) is 18.1 Å². The third kappa shape index (κ3) is 7.57. The van der Waals surface area contributed by atoms with Crippen LogP contribution in [0.5, 0.6) is 5.75 Å². The minimum Gasteiger partial charge on any atom is -0.471 e. The fourth-order valence-corrected chi connectivity index (χ4v) is 3.88. The Bertz CT molecular complexity index is 859. The molecule has 0 bridgehead atoms. The molecule has 6 heteroatoms. The summed E-state index contributed by atoms with van der Waals surface area (Å²) in [7, 11) is 0. The van der Waals surface area contributed by atoms with Crippen LogP contribution in [0.25, 0.3) is 6.08 Å². The normalized spacial score (nSPS) is 15.4. The lowest BCUT2D eigenvalue weighted by molar-refractivity contribution is -0.119. The lowest BCUT2D eigenvalue weighted by Gasteiger charge is -2.25. The van der Waals surface area contributed by atoms with Gasteiger partial charge in [0.1, 0.15) is 5.75 Å². The van der Waals surface area contributed by atoms with Gasteiger partial charge in [0.05, 0.1) is 0 Å². The maximum Gasteiger partial charge on any atom is 0.274 e. The van der Waals surface area contributed by atoms with Crippen LogP contribution < -0.4 is 15.5 Å². The Balaban J connectivity index is 1.62. The van der Waals surface area contributed by atoms with Gasteiger partial charge in [-0.3, -0.25) is 14.8 Å². The fourth-order valence-electron chi connectivity index (χ4n) is 3.88. The first-order valence-electron chi connectivity index (χ1n) is 10.9. The number of ether oxygens (including phenoxy) is 1. The smallest absolute Gasteiger partial charge is 0.274 e. The van der Waals surface area contributed by atoms with Gasteiger partial charge in [0.15, 0.2) is 6.23 Å². The van der Waals surface area contributed by atoms with Crippen LogP contribution in [0.15, 0.2) is 60.7 Å². The lowest BCUT2D eigenvalue weighted by atomic mass is 9.86. The first kappa shape index (κ1) is 22.6. The Hall–Kier alpha value is -3.12. The number of hydrogen-bond donors (Lipinski definition) is 3. The molecule has 2 aromatic carbocycles. The average Bonchev–Trinajstić information content (AvgIpc) is 2.82. The van der Waals surface area contributed by atoms with Crippen molar-refractivity contribution < 1.29 is 19.5 Å². The molecule has 1 fully saturated rings. The minimum atomic E-state index is -0.584. The molecule has 1 saturated carbocycles. The highest BCUT2D eigenvalue weighted by Crippen LogP contribution is 2.28. The largest absolute Gasteiger partial charge is 0.471 e. The molecule has 2 aromatic rings. The summed E-state index contributed by atoms with van der Waals surface area (Å²) < 4.78 is 6.04. The molecular weight excluding hydrogens is 392 g/mol. The Kier molecular flexibility index (Phi) is 8.67. The molecule has 6 nitrogen and oxygen atoms in total. The van der Waals surface area contributed by atoms with Gasteiger partial charge < -0.3 is 10.1 Å². The molecule has 1 aliphatic rings. The number of amides is 2. The SMILES string of the molecule is O=C(/C=C/c1ccccc1)NC(CCC1CCCCC1)Oc1ccc(C(=O)NO)cc1.